The molecule has 1 fully saturated rings. The van der Waals surface area contributed by atoms with Gasteiger partial charge in [0.05, 0.1) is 11.7 Å². The number of benzene rings is 1. The summed E-state index contributed by atoms with van der Waals surface area (Å²) < 4.78 is 35.5. The van der Waals surface area contributed by atoms with Gasteiger partial charge in [0.2, 0.25) is 15.9 Å². The highest BCUT2D eigenvalue weighted by Gasteiger charge is 2.33. The summed E-state index contributed by atoms with van der Waals surface area (Å²) in [6, 6.07) is 5.09. The molecule has 24 heavy (non-hydrogen) atoms. The lowest BCUT2D eigenvalue weighted by molar-refractivity contribution is -0.126. The first-order chi connectivity index (χ1) is 11.4. The quantitative estimate of drug-likeness (QED) is 0.885. The summed E-state index contributed by atoms with van der Waals surface area (Å²) in [6.07, 6.45) is 1.06. The van der Waals surface area contributed by atoms with E-state index < -0.39 is 10.0 Å². The van der Waals surface area contributed by atoms with Crippen LogP contribution in [0.3, 0.4) is 0 Å². The molecule has 0 radical (unpaired) electrons. The lowest BCUT2D eigenvalue weighted by Crippen LogP contribution is -2.44. The fraction of sp³-hybridized carbons (Fsp3) is 0.533. The average Bonchev–Trinajstić information content (AvgIpc) is 3.02. The monoisotopic (exact) mass is 368 g/mol. The van der Waals surface area contributed by atoms with E-state index in [1.165, 1.54) is 4.31 Å². The van der Waals surface area contributed by atoms with Gasteiger partial charge in [-0.05, 0) is 38.8 Å². The van der Waals surface area contributed by atoms with Gasteiger partial charge in [-0.15, -0.1) is 0 Å². The molecule has 0 saturated carbocycles. The Labute approximate surface area is 145 Å². The molecule has 7 nitrogen and oxygen atoms in total. The highest BCUT2D eigenvalue weighted by molar-refractivity contribution is 7.89. The van der Waals surface area contributed by atoms with Crippen LogP contribution in [0.2, 0.25) is 0 Å². The van der Waals surface area contributed by atoms with E-state index >= 15 is 0 Å². The fourth-order valence-corrected chi connectivity index (χ4v) is 5.11. The summed E-state index contributed by atoms with van der Waals surface area (Å²) in [6.45, 7) is 4.51. The first-order valence-electron chi connectivity index (χ1n) is 7.91. The maximum Gasteiger partial charge on any atom is 0.245 e. The molecule has 1 aliphatic rings. The van der Waals surface area contributed by atoms with Crippen LogP contribution in [0.25, 0.3) is 11.0 Å². The van der Waals surface area contributed by atoms with Crippen molar-refractivity contribution in [2.75, 3.05) is 13.1 Å². The molecule has 3 rings (SSSR count). The summed E-state index contributed by atoms with van der Waals surface area (Å²) in [5.74, 6) is -0.122. The predicted molar refractivity (Wildman–Crippen MR) is 92.2 cm³/mol. The van der Waals surface area contributed by atoms with E-state index in [9.17, 15) is 13.2 Å². The van der Waals surface area contributed by atoms with Crippen LogP contribution in [0.1, 0.15) is 26.7 Å². The van der Waals surface area contributed by atoms with Gasteiger partial charge in [-0.1, -0.05) is 6.07 Å². The van der Waals surface area contributed by atoms with Crippen LogP contribution >= 0.6 is 11.7 Å². The van der Waals surface area contributed by atoms with Crippen molar-refractivity contribution in [3.8, 4) is 0 Å². The van der Waals surface area contributed by atoms with Crippen molar-refractivity contribution in [1.82, 2.24) is 18.4 Å². The van der Waals surface area contributed by atoms with Crippen LogP contribution in [-0.2, 0) is 14.8 Å². The number of rotatable bonds is 4. The summed E-state index contributed by atoms with van der Waals surface area (Å²) in [5.41, 5.74) is 1.01. The first-order valence-corrected chi connectivity index (χ1v) is 10.1. The number of amides is 1. The van der Waals surface area contributed by atoms with E-state index in [0.717, 1.165) is 11.7 Å². The number of hydrogen-bond acceptors (Lipinski definition) is 6. The van der Waals surface area contributed by atoms with Gasteiger partial charge in [0.25, 0.3) is 0 Å². The van der Waals surface area contributed by atoms with Gasteiger partial charge < -0.3 is 5.32 Å². The summed E-state index contributed by atoms with van der Waals surface area (Å²) in [7, 11) is -3.62. The lowest BCUT2D eigenvalue weighted by atomic mass is 9.97. The zero-order valence-corrected chi connectivity index (χ0v) is 15.2. The molecule has 1 aliphatic heterocycles. The minimum atomic E-state index is -3.62. The number of nitrogens with one attached hydrogen (secondary N) is 1. The number of carbonyl (C=O) groups is 1. The van der Waals surface area contributed by atoms with Gasteiger partial charge in [-0.3, -0.25) is 4.79 Å². The lowest BCUT2D eigenvalue weighted by Gasteiger charge is -2.30. The van der Waals surface area contributed by atoms with Crippen LogP contribution in [0, 0.1) is 5.92 Å². The molecular weight excluding hydrogens is 348 g/mol. The van der Waals surface area contributed by atoms with Crippen LogP contribution in [0.4, 0.5) is 0 Å². The van der Waals surface area contributed by atoms with E-state index in [1.54, 1.807) is 18.2 Å². The Hall–Kier alpha value is -1.58. The molecule has 1 aromatic heterocycles. The van der Waals surface area contributed by atoms with Crippen LogP contribution in [-0.4, -0.2) is 46.5 Å². The third-order valence-electron chi connectivity index (χ3n) is 4.12. The average molecular weight is 368 g/mol. The molecule has 130 valence electrons. The van der Waals surface area contributed by atoms with Crippen molar-refractivity contribution in [3.05, 3.63) is 18.2 Å². The number of nitrogens with zero attached hydrogens (tertiary/aromatic N) is 3. The van der Waals surface area contributed by atoms with E-state index in [1.807, 2.05) is 13.8 Å². The van der Waals surface area contributed by atoms with Crippen molar-refractivity contribution in [3.63, 3.8) is 0 Å². The molecule has 9 heteroatoms. The van der Waals surface area contributed by atoms with Crippen LogP contribution < -0.4 is 5.32 Å². The van der Waals surface area contributed by atoms with E-state index in [2.05, 4.69) is 14.1 Å². The zero-order chi connectivity index (χ0) is 17.3. The maximum atomic E-state index is 12.9. The molecule has 2 aromatic rings. The maximum absolute atomic E-state index is 12.9. The molecule has 1 amide bonds. The predicted octanol–water partition coefficient (Wildman–Crippen LogP) is 1.62. The number of piperidine rings is 1. The molecule has 0 atom stereocenters. The van der Waals surface area contributed by atoms with Gasteiger partial charge in [0, 0.05) is 25.0 Å². The Balaban J connectivity index is 1.76. The second-order valence-corrected chi connectivity index (χ2v) is 8.66. The highest BCUT2D eigenvalue weighted by atomic mass is 32.2. The Morgan fingerprint density at radius 1 is 1.29 bits per heavy atom. The van der Waals surface area contributed by atoms with Crippen molar-refractivity contribution >= 4 is 38.7 Å². The minimum Gasteiger partial charge on any atom is -0.354 e. The third kappa shape index (κ3) is 3.28. The standard InChI is InChI=1S/C15H20N4O3S2/c1-10(2)16-15(20)11-6-8-19(9-7-11)24(21,22)13-5-3-4-12-14(13)18-23-17-12/h3-5,10-11H,6-9H2,1-2H3,(H,16,20). The largest absolute Gasteiger partial charge is 0.354 e. The topological polar surface area (TPSA) is 92.3 Å². The number of carbonyl (C=O) groups excluding carboxylic acids is 1. The second-order valence-electron chi connectivity index (χ2n) is 6.23. The van der Waals surface area contributed by atoms with Crippen molar-refractivity contribution < 1.29 is 13.2 Å². The van der Waals surface area contributed by atoms with Crippen LogP contribution in [0.5, 0.6) is 0 Å². The number of fused-ring (bicyclic) bond motifs is 1. The highest BCUT2D eigenvalue weighted by Crippen LogP contribution is 2.28. The fourth-order valence-electron chi connectivity index (χ4n) is 2.89. The second kappa shape index (κ2) is 6.73. The normalized spacial score (nSPS) is 17.5. The SMILES string of the molecule is CC(C)NC(=O)C1CCN(S(=O)(=O)c2cccc3nsnc23)CC1. The van der Waals surface area contributed by atoms with E-state index in [0.29, 0.717) is 37.0 Å². The summed E-state index contributed by atoms with van der Waals surface area (Å²) in [4.78, 5) is 12.3. The molecule has 1 aromatic carbocycles. The van der Waals surface area contributed by atoms with Crippen molar-refractivity contribution in [2.45, 2.75) is 37.6 Å². The molecule has 0 bridgehead atoms. The molecule has 0 spiro atoms. The van der Waals surface area contributed by atoms with Crippen molar-refractivity contribution in [2.24, 2.45) is 5.92 Å². The third-order valence-corrected chi connectivity index (χ3v) is 6.60. The van der Waals surface area contributed by atoms with E-state index in [-0.39, 0.29) is 22.8 Å². The Bertz CT molecular complexity index is 839. The van der Waals surface area contributed by atoms with Crippen molar-refractivity contribution in [1.29, 1.82) is 0 Å². The number of aromatic nitrogens is 2. The molecule has 0 unspecified atom stereocenters. The summed E-state index contributed by atoms with van der Waals surface area (Å²) in [5, 5.41) is 2.89. The minimum absolute atomic E-state index is 0.00727. The van der Waals surface area contributed by atoms with Gasteiger partial charge in [0.1, 0.15) is 15.9 Å². The molecule has 0 aliphatic carbocycles. The molecule has 2 heterocycles. The van der Waals surface area contributed by atoms with Gasteiger partial charge in [-0.25, -0.2) is 8.42 Å². The van der Waals surface area contributed by atoms with Gasteiger partial charge in [0.15, 0.2) is 0 Å². The zero-order valence-electron chi connectivity index (χ0n) is 13.6. The Kier molecular flexibility index (Phi) is 4.84. The van der Waals surface area contributed by atoms with Crippen LogP contribution in [0.15, 0.2) is 23.1 Å². The molecule has 1 saturated heterocycles. The summed E-state index contributed by atoms with van der Waals surface area (Å²) >= 11 is 1.00. The van der Waals surface area contributed by atoms with E-state index in [4.69, 9.17) is 0 Å². The number of hydrogen-bond donors (Lipinski definition) is 1. The van der Waals surface area contributed by atoms with Gasteiger partial charge >= 0.3 is 0 Å². The number of sulfonamides is 1. The molecular formula is C15H20N4O3S2. The smallest absolute Gasteiger partial charge is 0.245 e. The Morgan fingerprint density at radius 3 is 2.67 bits per heavy atom. The molecule has 1 N–H and O–H groups in total. The first kappa shape index (κ1) is 17.2. The van der Waals surface area contributed by atoms with Gasteiger partial charge in [-0.2, -0.15) is 13.1 Å². The Morgan fingerprint density at radius 2 is 2.00 bits per heavy atom.